The quantitative estimate of drug-likeness (QED) is 0.503. The molecule has 0 amide bonds. The number of rotatable bonds is 8. The Balaban J connectivity index is 1.55. The summed E-state index contributed by atoms with van der Waals surface area (Å²) in [6.45, 7) is 3.13. The summed E-state index contributed by atoms with van der Waals surface area (Å²) in [6, 6.07) is 3.62. The number of fused-ring (bicyclic) bond motifs is 1. The van der Waals surface area contributed by atoms with Gasteiger partial charge in [0, 0.05) is 12.6 Å². The second-order valence-electron chi connectivity index (χ2n) is 8.62. The highest BCUT2D eigenvalue weighted by Crippen LogP contribution is 2.34. The number of hydrogen-bond donors (Lipinski definition) is 1. The SMILES string of the molecule is Cc1cn2c(C(=O)CCCC3(O)CCCC3)c(C)nc2c(OCc2c(F)cccc2F)n1. The average Bonchev–Trinajstić information content (AvgIpc) is 3.30. The molecule has 1 aromatic carbocycles. The lowest BCUT2D eigenvalue weighted by atomic mass is 9.94. The summed E-state index contributed by atoms with van der Waals surface area (Å²) in [5.74, 6) is -1.37. The fraction of sp³-hybridized carbons (Fsp3) is 0.458. The van der Waals surface area contributed by atoms with Crippen molar-refractivity contribution >= 4 is 11.4 Å². The molecule has 0 saturated heterocycles. The maximum atomic E-state index is 14.0. The van der Waals surface area contributed by atoms with Gasteiger partial charge >= 0.3 is 0 Å². The van der Waals surface area contributed by atoms with Crippen molar-refractivity contribution in [1.29, 1.82) is 0 Å². The minimum atomic E-state index is -0.701. The number of ether oxygens (including phenoxy) is 1. The predicted octanol–water partition coefficient (Wildman–Crippen LogP) is 4.86. The Hall–Kier alpha value is -2.87. The highest BCUT2D eigenvalue weighted by molar-refractivity contribution is 5.96. The van der Waals surface area contributed by atoms with Crippen molar-refractivity contribution in [2.75, 3.05) is 0 Å². The van der Waals surface area contributed by atoms with Crippen LogP contribution in [0.25, 0.3) is 5.65 Å². The van der Waals surface area contributed by atoms with E-state index in [4.69, 9.17) is 4.74 Å². The molecule has 32 heavy (non-hydrogen) atoms. The smallest absolute Gasteiger partial charge is 0.258 e. The monoisotopic (exact) mass is 443 g/mol. The molecule has 1 aliphatic carbocycles. The number of aryl methyl sites for hydroxylation is 2. The number of hydrogen-bond acceptors (Lipinski definition) is 5. The molecule has 1 fully saturated rings. The molecule has 170 valence electrons. The van der Waals surface area contributed by atoms with Crippen LogP contribution in [0.5, 0.6) is 5.88 Å². The van der Waals surface area contributed by atoms with E-state index in [-0.39, 0.29) is 23.8 Å². The van der Waals surface area contributed by atoms with E-state index in [0.717, 1.165) is 25.7 Å². The van der Waals surface area contributed by atoms with Gasteiger partial charge in [-0.3, -0.25) is 9.20 Å². The molecular weight excluding hydrogens is 416 g/mol. The van der Waals surface area contributed by atoms with E-state index in [9.17, 15) is 18.7 Å². The second-order valence-corrected chi connectivity index (χ2v) is 8.62. The van der Waals surface area contributed by atoms with E-state index in [1.54, 1.807) is 24.4 Å². The van der Waals surface area contributed by atoms with Gasteiger partial charge in [-0.15, -0.1) is 0 Å². The Morgan fingerprint density at radius 3 is 2.56 bits per heavy atom. The third kappa shape index (κ3) is 4.50. The van der Waals surface area contributed by atoms with Crippen molar-refractivity contribution in [3.8, 4) is 5.88 Å². The van der Waals surface area contributed by atoms with Gasteiger partial charge in [0.2, 0.25) is 5.65 Å². The molecule has 0 spiro atoms. The van der Waals surface area contributed by atoms with Crippen LogP contribution >= 0.6 is 0 Å². The van der Waals surface area contributed by atoms with Crippen LogP contribution < -0.4 is 4.74 Å². The number of halogens is 2. The van der Waals surface area contributed by atoms with Crippen molar-refractivity contribution in [3.05, 3.63) is 58.7 Å². The predicted molar refractivity (Wildman–Crippen MR) is 115 cm³/mol. The third-order valence-electron chi connectivity index (χ3n) is 6.13. The second kappa shape index (κ2) is 8.94. The Labute approximate surface area is 185 Å². The first-order valence-electron chi connectivity index (χ1n) is 10.9. The van der Waals surface area contributed by atoms with Crippen LogP contribution in [0, 0.1) is 25.5 Å². The normalized spacial score (nSPS) is 15.4. The van der Waals surface area contributed by atoms with Crippen molar-refractivity contribution < 1.29 is 23.4 Å². The molecule has 2 heterocycles. The topological polar surface area (TPSA) is 76.7 Å². The number of imidazole rings is 1. The van der Waals surface area contributed by atoms with E-state index < -0.39 is 17.2 Å². The van der Waals surface area contributed by atoms with Crippen LogP contribution in [-0.4, -0.2) is 30.9 Å². The highest BCUT2D eigenvalue weighted by atomic mass is 19.1. The van der Waals surface area contributed by atoms with Crippen LogP contribution in [0.1, 0.15) is 72.4 Å². The summed E-state index contributed by atoms with van der Waals surface area (Å²) < 4.78 is 35.2. The number of carbonyl (C=O) groups excluding carboxylic acids is 1. The van der Waals surface area contributed by atoms with Gasteiger partial charge in [0.05, 0.1) is 22.6 Å². The molecule has 0 aliphatic heterocycles. The average molecular weight is 443 g/mol. The van der Waals surface area contributed by atoms with Crippen LogP contribution in [0.3, 0.4) is 0 Å². The van der Waals surface area contributed by atoms with Gasteiger partial charge in [-0.05, 0) is 51.7 Å². The number of nitrogens with zero attached hydrogens (tertiary/aromatic N) is 3. The Morgan fingerprint density at radius 2 is 1.88 bits per heavy atom. The van der Waals surface area contributed by atoms with Crippen LogP contribution in [0.15, 0.2) is 24.4 Å². The summed E-state index contributed by atoms with van der Waals surface area (Å²) in [7, 11) is 0. The van der Waals surface area contributed by atoms with Crippen molar-refractivity contribution in [3.63, 3.8) is 0 Å². The number of ketones is 1. The largest absolute Gasteiger partial charge is 0.470 e. The molecule has 0 radical (unpaired) electrons. The van der Waals surface area contributed by atoms with E-state index in [1.807, 2.05) is 0 Å². The first kappa shape index (κ1) is 22.3. The zero-order valence-corrected chi connectivity index (χ0v) is 18.3. The van der Waals surface area contributed by atoms with Crippen LogP contribution in [0.2, 0.25) is 0 Å². The minimum Gasteiger partial charge on any atom is -0.470 e. The molecule has 1 saturated carbocycles. The molecule has 8 heteroatoms. The molecule has 1 N–H and O–H groups in total. The summed E-state index contributed by atoms with van der Waals surface area (Å²) in [5.41, 5.74) is 1.03. The molecule has 0 unspecified atom stereocenters. The number of aromatic nitrogens is 3. The number of aliphatic hydroxyl groups is 1. The van der Waals surface area contributed by atoms with Crippen LogP contribution in [-0.2, 0) is 6.61 Å². The lowest BCUT2D eigenvalue weighted by molar-refractivity contribution is 0.0363. The van der Waals surface area contributed by atoms with E-state index in [2.05, 4.69) is 9.97 Å². The van der Waals surface area contributed by atoms with E-state index >= 15 is 0 Å². The lowest BCUT2D eigenvalue weighted by Crippen LogP contribution is -2.24. The first-order valence-corrected chi connectivity index (χ1v) is 10.9. The summed E-state index contributed by atoms with van der Waals surface area (Å²) >= 11 is 0. The van der Waals surface area contributed by atoms with Gasteiger partial charge in [-0.1, -0.05) is 18.9 Å². The zero-order chi connectivity index (χ0) is 22.9. The van der Waals surface area contributed by atoms with Crippen molar-refractivity contribution in [2.45, 2.75) is 71.0 Å². The molecule has 0 atom stereocenters. The minimum absolute atomic E-state index is 0.0757. The van der Waals surface area contributed by atoms with Gasteiger partial charge in [-0.2, -0.15) is 0 Å². The molecule has 3 aromatic rings. The van der Waals surface area contributed by atoms with Gasteiger partial charge < -0.3 is 9.84 Å². The van der Waals surface area contributed by atoms with E-state index in [1.165, 1.54) is 18.2 Å². The maximum Gasteiger partial charge on any atom is 0.258 e. The maximum absolute atomic E-state index is 14.0. The Kier molecular flexibility index (Phi) is 6.24. The Morgan fingerprint density at radius 1 is 1.19 bits per heavy atom. The number of Topliss-reactive ketones (excluding diaryl/α,β-unsaturated/α-hetero) is 1. The summed E-state index contributed by atoms with van der Waals surface area (Å²) in [6.07, 6.45) is 6.86. The number of benzene rings is 1. The zero-order valence-electron chi connectivity index (χ0n) is 18.3. The van der Waals surface area contributed by atoms with Gasteiger partial charge in [0.25, 0.3) is 5.88 Å². The summed E-state index contributed by atoms with van der Waals surface area (Å²) in [4.78, 5) is 21.8. The summed E-state index contributed by atoms with van der Waals surface area (Å²) in [5, 5.41) is 10.5. The number of carbonyl (C=O) groups is 1. The molecule has 1 aliphatic rings. The van der Waals surface area contributed by atoms with Gasteiger partial charge in [-0.25, -0.2) is 18.7 Å². The molecule has 2 aromatic heterocycles. The fourth-order valence-corrected chi connectivity index (χ4v) is 4.47. The van der Waals surface area contributed by atoms with Gasteiger partial charge in [0.15, 0.2) is 5.78 Å². The van der Waals surface area contributed by atoms with Gasteiger partial charge in [0.1, 0.15) is 23.9 Å². The lowest BCUT2D eigenvalue weighted by Gasteiger charge is -2.21. The van der Waals surface area contributed by atoms with Crippen LogP contribution in [0.4, 0.5) is 8.78 Å². The third-order valence-corrected chi connectivity index (χ3v) is 6.13. The van der Waals surface area contributed by atoms with Crippen molar-refractivity contribution in [2.24, 2.45) is 0 Å². The fourth-order valence-electron chi connectivity index (χ4n) is 4.47. The molecule has 0 bridgehead atoms. The van der Waals surface area contributed by atoms with E-state index in [0.29, 0.717) is 42.0 Å². The Bertz CT molecular complexity index is 1130. The highest BCUT2D eigenvalue weighted by Gasteiger charge is 2.31. The molecular formula is C24H27F2N3O3. The molecule has 6 nitrogen and oxygen atoms in total. The first-order chi connectivity index (χ1) is 15.3. The standard InChI is InChI=1S/C24H27F2N3O3/c1-15-13-29-21(20(30)9-6-12-24(31)10-3-4-11-24)16(2)28-22(29)23(27-15)32-14-17-18(25)7-5-8-19(17)26/h5,7-8,13,31H,3-4,6,9-12,14H2,1-2H3. The molecule has 4 rings (SSSR count). The van der Waals surface area contributed by atoms with Crippen molar-refractivity contribution in [1.82, 2.24) is 14.4 Å².